The van der Waals surface area contributed by atoms with Crippen LogP contribution in [-0.4, -0.2) is 15.3 Å². The lowest BCUT2D eigenvalue weighted by atomic mass is 10.0. The lowest BCUT2D eigenvalue weighted by Crippen LogP contribution is -1.97. The molecule has 0 saturated heterocycles. The van der Waals surface area contributed by atoms with Gasteiger partial charge in [-0.05, 0) is 59.2 Å². The van der Waals surface area contributed by atoms with Gasteiger partial charge in [0.15, 0.2) is 0 Å². The van der Waals surface area contributed by atoms with Crippen LogP contribution in [0.1, 0.15) is 11.1 Å². The summed E-state index contributed by atoms with van der Waals surface area (Å²) in [7, 11) is 0. The molecule has 9 aromatic rings. The molecule has 222 valence electrons. The van der Waals surface area contributed by atoms with Crippen LogP contribution in [0.15, 0.2) is 175 Å². The van der Waals surface area contributed by atoms with E-state index in [9.17, 15) is 0 Å². The van der Waals surface area contributed by atoms with E-state index in [1.54, 1.807) is 0 Å². The normalized spacial score (nSPS) is 11.8. The van der Waals surface area contributed by atoms with Crippen LogP contribution < -0.4 is 0 Å². The van der Waals surface area contributed by atoms with Gasteiger partial charge in [0.25, 0.3) is 0 Å². The minimum absolute atomic E-state index is 0.648. The molecule has 0 aliphatic rings. The van der Waals surface area contributed by atoms with Crippen LogP contribution in [0.4, 0.5) is 0 Å². The Morgan fingerprint density at radius 1 is 0.426 bits per heavy atom. The van der Waals surface area contributed by atoms with Gasteiger partial charge in [-0.3, -0.25) is 4.99 Å². The summed E-state index contributed by atoms with van der Waals surface area (Å²) < 4.78 is 4.78. The minimum Gasteiger partial charge on any atom is -0.309 e. The first-order chi connectivity index (χ1) is 23.3. The highest BCUT2D eigenvalue weighted by Gasteiger charge is 2.16. The number of aromatic nitrogens is 2. The van der Waals surface area contributed by atoms with Crippen LogP contribution in [0.2, 0.25) is 0 Å². The fourth-order valence-corrected chi connectivity index (χ4v) is 7.08. The van der Waals surface area contributed by atoms with Gasteiger partial charge in [0.1, 0.15) is 0 Å². The SMILES string of the molecule is C(=N\Cc1ccccc1)/c1cccc2c3ccccc3n(-c3cccc(-c4ccc5c6ccccc6n(-c6ccccc6)c5c4)c3)c12. The zero-order valence-electron chi connectivity index (χ0n) is 25.8. The predicted octanol–water partition coefficient (Wildman–Crippen LogP) is 11.2. The Bertz CT molecular complexity index is 2590. The van der Waals surface area contributed by atoms with Gasteiger partial charge in [0, 0.05) is 44.7 Å². The summed E-state index contributed by atoms with van der Waals surface area (Å²) in [6, 6.07) is 60.8. The number of fused-ring (bicyclic) bond motifs is 6. The molecule has 0 spiro atoms. The van der Waals surface area contributed by atoms with Crippen molar-refractivity contribution in [2.75, 3.05) is 0 Å². The number of hydrogen-bond donors (Lipinski definition) is 0. The fraction of sp³-hybridized carbons (Fsp3) is 0.0227. The third-order valence-electron chi connectivity index (χ3n) is 9.20. The van der Waals surface area contributed by atoms with Gasteiger partial charge < -0.3 is 9.13 Å². The second kappa shape index (κ2) is 11.3. The highest BCUT2D eigenvalue weighted by atomic mass is 15.0. The Morgan fingerprint density at radius 3 is 1.83 bits per heavy atom. The largest absolute Gasteiger partial charge is 0.309 e. The summed E-state index contributed by atoms with van der Waals surface area (Å²) in [5.41, 5.74) is 11.7. The van der Waals surface area contributed by atoms with Crippen molar-refractivity contribution in [1.82, 2.24) is 9.13 Å². The van der Waals surface area contributed by atoms with Crippen LogP contribution in [-0.2, 0) is 6.54 Å². The molecule has 0 aliphatic heterocycles. The van der Waals surface area contributed by atoms with Gasteiger partial charge in [0.2, 0.25) is 0 Å². The topological polar surface area (TPSA) is 22.2 Å². The van der Waals surface area contributed by atoms with Gasteiger partial charge in [0.05, 0.1) is 28.6 Å². The van der Waals surface area contributed by atoms with Gasteiger partial charge >= 0.3 is 0 Å². The number of benzene rings is 7. The van der Waals surface area contributed by atoms with Crippen molar-refractivity contribution in [2.24, 2.45) is 4.99 Å². The molecule has 0 unspecified atom stereocenters. The smallest absolute Gasteiger partial charge is 0.0639 e. The lowest BCUT2D eigenvalue weighted by molar-refractivity contribution is 1.08. The summed E-state index contributed by atoms with van der Waals surface area (Å²) >= 11 is 0. The molecule has 0 atom stereocenters. The summed E-state index contributed by atoms with van der Waals surface area (Å²) in [6.45, 7) is 0.648. The highest BCUT2D eigenvalue weighted by molar-refractivity contribution is 6.14. The average Bonchev–Trinajstić information content (AvgIpc) is 3.66. The van der Waals surface area contributed by atoms with Crippen molar-refractivity contribution in [3.8, 4) is 22.5 Å². The molecule has 2 aromatic heterocycles. The maximum atomic E-state index is 4.87. The second-order valence-corrected chi connectivity index (χ2v) is 12.0. The van der Waals surface area contributed by atoms with Gasteiger partial charge in [-0.25, -0.2) is 0 Å². The van der Waals surface area contributed by atoms with Crippen molar-refractivity contribution in [2.45, 2.75) is 6.54 Å². The first-order valence-electron chi connectivity index (χ1n) is 16.1. The van der Waals surface area contributed by atoms with Crippen molar-refractivity contribution in [3.05, 3.63) is 181 Å². The third-order valence-corrected chi connectivity index (χ3v) is 9.20. The first-order valence-corrected chi connectivity index (χ1v) is 16.1. The molecule has 0 amide bonds. The molecule has 3 nitrogen and oxygen atoms in total. The van der Waals surface area contributed by atoms with Gasteiger partial charge in [-0.1, -0.05) is 127 Å². The molecule has 0 aliphatic carbocycles. The van der Waals surface area contributed by atoms with Crippen molar-refractivity contribution >= 4 is 49.8 Å². The molecule has 0 radical (unpaired) electrons. The van der Waals surface area contributed by atoms with E-state index in [1.807, 2.05) is 12.3 Å². The molecule has 0 bridgehead atoms. The molecule has 7 aromatic carbocycles. The zero-order chi connectivity index (χ0) is 31.2. The molecule has 0 saturated carbocycles. The Kier molecular flexibility index (Phi) is 6.53. The Hall–Kier alpha value is -6.19. The van der Waals surface area contributed by atoms with E-state index in [0.717, 1.165) is 16.9 Å². The van der Waals surface area contributed by atoms with Crippen molar-refractivity contribution < 1.29 is 0 Å². The van der Waals surface area contributed by atoms with E-state index in [2.05, 4.69) is 173 Å². The zero-order valence-corrected chi connectivity index (χ0v) is 25.8. The van der Waals surface area contributed by atoms with Crippen LogP contribution in [0.25, 0.3) is 66.1 Å². The van der Waals surface area contributed by atoms with Crippen molar-refractivity contribution in [1.29, 1.82) is 0 Å². The molecule has 2 heterocycles. The number of para-hydroxylation sites is 4. The minimum atomic E-state index is 0.648. The maximum Gasteiger partial charge on any atom is 0.0639 e. The average molecular weight is 602 g/mol. The van der Waals surface area contributed by atoms with E-state index in [0.29, 0.717) is 6.54 Å². The highest BCUT2D eigenvalue weighted by Crippen LogP contribution is 2.37. The summed E-state index contributed by atoms with van der Waals surface area (Å²) in [5.74, 6) is 0. The summed E-state index contributed by atoms with van der Waals surface area (Å²) in [5, 5.41) is 4.98. The predicted molar refractivity (Wildman–Crippen MR) is 198 cm³/mol. The number of rotatable bonds is 6. The van der Waals surface area contributed by atoms with E-state index >= 15 is 0 Å². The molecule has 0 fully saturated rings. The summed E-state index contributed by atoms with van der Waals surface area (Å²) in [6.07, 6.45) is 2.03. The number of hydrogen-bond acceptors (Lipinski definition) is 1. The number of aliphatic imine (C=N–C) groups is 1. The maximum absolute atomic E-state index is 4.87. The van der Waals surface area contributed by atoms with Crippen molar-refractivity contribution in [3.63, 3.8) is 0 Å². The summed E-state index contributed by atoms with van der Waals surface area (Å²) in [4.78, 5) is 4.87. The standard InChI is InChI=1S/C44H31N3/c1-3-13-31(14-4-1)29-45-30-34-16-12-22-40-38-21-8-10-24-42(38)47(44(34)40)36-19-11-15-32(27-36)33-25-26-39-37-20-7-9-23-41(37)46(43(39)28-33)35-17-5-2-6-18-35/h1-28,30H,29H2/b45-30+. The fourth-order valence-electron chi connectivity index (χ4n) is 7.08. The lowest BCUT2D eigenvalue weighted by Gasteiger charge is -2.12. The van der Waals surface area contributed by atoms with E-state index < -0.39 is 0 Å². The Morgan fingerprint density at radius 2 is 1.02 bits per heavy atom. The molecular weight excluding hydrogens is 571 g/mol. The quantitative estimate of drug-likeness (QED) is 0.169. The molecule has 3 heteroatoms. The first kappa shape index (κ1) is 27.1. The van der Waals surface area contributed by atoms with E-state index in [1.165, 1.54) is 60.3 Å². The van der Waals surface area contributed by atoms with Crippen LogP contribution in [0, 0.1) is 0 Å². The van der Waals surface area contributed by atoms with Gasteiger partial charge in [-0.15, -0.1) is 0 Å². The van der Waals surface area contributed by atoms with Gasteiger partial charge in [-0.2, -0.15) is 0 Å². The van der Waals surface area contributed by atoms with E-state index in [4.69, 9.17) is 4.99 Å². The molecule has 9 rings (SSSR count). The van der Waals surface area contributed by atoms with Crippen LogP contribution in [0.5, 0.6) is 0 Å². The second-order valence-electron chi connectivity index (χ2n) is 12.0. The molecule has 47 heavy (non-hydrogen) atoms. The van der Waals surface area contributed by atoms with Crippen LogP contribution >= 0.6 is 0 Å². The monoisotopic (exact) mass is 601 g/mol. The molecule has 0 N–H and O–H groups in total. The number of nitrogens with zero attached hydrogens (tertiary/aromatic N) is 3. The molecular formula is C44H31N3. The third kappa shape index (κ3) is 4.63. The van der Waals surface area contributed by atoms with E-state index in [-0.39, 0.29) is 0 Å². The Balaban J connectivity index is 1.21. The Labute approximate surface area is 273 Å². The van der Waals surface area contributed by atoms with Crippen LogP contribution in [0.3, 0.4) is 0 Å².